The largest absolute Gasteiger partial charge is 0.481 e. The van der Waals surface area contributed by atoms with Gasteiger partial charge in [0.25, 0.3) is 0 Å². The van der Waals surface area contributed by atoms with E-state index in [0.29, 0.717) is 19.6 Å². The molecular weight excluding hydrogens is 236 g/mol. The monoisotopic (exact) mass is 258 g/mol. The van der Waals surface area contributed by atoms with Gasteiger partial charge in [-0.2, -0.15) is 0 Å². The Morgan fingerprint density at radius 3 is 1.72 bits per heavy atom. The van der Waals surface area contributed by atoms with Crippen molar-refractivity contribution in [3.63, 3.8) is 0 Å². The summed E-state index contributed by atoms with van der Waals surface area (Å²) in [6.45, 7) is 1.01. The van der Waals surface area contributed by atoms with Crippen LogP contribution in [0.25, 0.3) is 0 Å². The van der Waals surface area contributed by atoms with E-state index >= 15 is 0 Å². The minimum atomic E-state index is -0.734. The van der Waals surface area contributed by atoms with Gasteiger partial charge in [-0.05, 0) is 19.3 Å². The molecule has 0 aromatic carbocycles. The van der Waals surface area contributed by atoms with Gasteiger partial charge in [-0.25, -0.2) is 0 Å². The lowest BCUT2D eigenvalue weighted by Gasteiger charge is -2.05. The maximum Gasteiger partial charge on any atom is 0.308 e. The maximum absolute atomic E-state index is 10.5. The molecule has 0 spiro atoms. The Bertz CT molecular complexity index is 263. The van der Waals surface area contributed by atoms with Gasteiger partial charge in [-0.1, -0.05) is 25.7 Å². The van der Waals surface area contributed by atoms with Crippen LogP contribution in [0.15, 0.2) is 0 Å². The van der Waals surface area contributed by atoms with Crippen LogP contribution >= 0.6 is 0 Å². The Morgan fingerprint density at radius 1 is 0.833 bits per heavy atom. The van der Waals surface area contributed by atoms with Crippen LogP contribution in [-0.4, -0.2) is 35.4 Å². The van der Waals surface area contributed by atoms with Gasteiger partial charge in [0, 0.05) is 6.61 Å². The molecule has 0 bridgehead atoms. The van der Waals surface area contributed by atoms with Crippen molar-refractivity contribution in [1.82, 2.24) is 0 Å². The van der Waals surface area contributed by atoms with Gasteiger partial charge in [0.2, 0.25) is 0 Å². The molecule has 0 amide bonds. The molecule has 2 rings (SSSR count). The van der Waals surface area contributed by atoms with E-state index in [2.05, 4.69) is 0 Å². The molecule has 1 unspecified atom stereocenters. The van der Waals surface area contributed by atoms with Crippen LogP contribution in [0.5, 0.6) is 0 Å². The highest BCUT2D eigenvalue weighted by Crippen LogP contribution is 2.22. The first-order valence-corrected chi connectivity index (χ1v) is 6.64. The molecule has 0 radical (unpaired) electrons. The summed E-state index contributed by atoms with van der Waals surface area (Å²) < 4.78 is 4.84. The van der Waals surface area contributed by atoms with Crippen LogP contribution in [0, 0.1) is 11.8 Å². The Hall–Kier alpha value is -1.10. The molecule has 18 heavy (non-hydrogen) atoms. The molecule has 1 saturated heterocycles. The van der Waals surface area contributed by atoms with Crippen LogP contribution in [0.2, 0.25) is 0 Å². The summed E-state index contributed by atoms with van der Waals surface area (Å²) in [6.07, 6.45) is 7.14. The first-order valence-electron chi connectivity index (χ1n) is 6.64. The van der Waals surface area contributed by atoms with Crippen LogP contribution in [0.3, 0.4) is 0 Å². The third-order valence-corrected chi connectivity index (χ3v) is 3.48. The fourth-order valence-electron chi connectivity index (χ4n) is 2.26. The van der Waals surface area contributed by atoms with Crippen molar-refractivity contribution < 1.29 is 24.5 Å². The fraction of sp³-hybridized carbons (Fsp3) is 0.846. The van der Waals surface area contributed by atoms with E-state index in [1.54, 1.807) is 0 Å². The average Bonchev–Trinajstić information content (AvgIpc) is 2.72. The normalized spacial score (nSPS) is 24.8. The van der Waals surface area contributed by atoms with Crippen molar-refractivity contribution in [2.75, 3.05) is 13.2 Å². The summed E-state index contributed by atoms with van der Waals surface area (Å²) in [7, 11) is 0. The molecule has 1 heterocycles. The minimum Gasteiger partial charge on any atom is -0.481 e. The summed E-state index contributed by atoms with van der Waals surface area (Å²) >= 11 is 0. The molecule has 1 aliphatic carbocycles. The summed E-state index contributed by atoms with van der Waals surface area (Å²) in [5, 5.41) is 17.0. The highest BCUT2D eigenvalue weighted by atomic mass is 16.5. The Kier molecular flexibility index (Phi) is 6.72. The molecule has 2 aliphatic rings. The number of carboxylic acids is 2. The minimum absolute atomic E-state index is 0.0394. The van der Waals surface area contributed by atoms with E-state index in [-0.39, 0.29) is 11.8 Å². The number of rotatable bonds is 2. The topological polar surface area (TPSA) is 83.8 Å². The van der Waals surface area contributed by atoms with E-state index < -0.39 is 11.9 Å². The molecule has 104 valence electrons. The summed E-state index contributed by atoms with van der Waals surface area (Å²) in [6, 6.07) is 0. The van der Waals surface area contributed by atoms with Crippen molar-refractivity contribution in [3.8, 4) is 0 Å². The van der Waals surface area contributed by atoms with Crippen LogP contribution in [0.4, 0.5) is 0 Å². The lowest BCUT2D eigenvalue weighted by Crippen LogP contribution is -2.12. The summed E-state index contributed by atoms with van der Waals surface area (Å²) in [5.41, 5.74) is 0. The van der Waals surface area contributed by atoms with E-state index in [0.717, 1.165) is 25.7 Å². The van der Waals surface area contributed by atoms with Crippen LogP contribution in [-0.2, 0) is 14.3 Å². The van der Waals surface area contributed by atoms with Gasteiger partial charge in [0.05, 0.1) is 18.4 Å². The lowest BCUT2D eigenvalue weighted by molar-refractivity contribution is -0.142. The van der Waals surface area contributed by atoms with E-state index in [1.165, 1.54) is 12.8 Å². The van der Waals surface area contributed by atoms with Gasteiger partial charge < -0.3 is 14.9 Å². The molecule has 2 N–H and O–H groups in total. The zero-order valence-electron chi connectivity index (χ0n) is 10.6. The molecule has 1 atom stereocenters. The molecule has 1 aliphatic heterocycles. The third kappa shape index (κ3) is 5.49. The quantitative estimate of drug-likeness (QED) is 0.741. The molecule has 0 aromatic heterocycles. The standard InChI is InChI=1S/C8H14O2.C5H8O3/c9-8(10)7-5-3-1-2-4-6-7;6-5(7)4-1-2-8-3-4/h7H,1-6H2,(H,9,10);4H,1-3H2,(H,6,7). The van der Waals surface area contributed by atoms with Gasteiger partial charge in [-0.3, -0.25) is 9.59 Å². The number of hydrogen-bond acceptors (Lipinski definition) is 3. The van der Waals surface area contributed by atoms with Crippen molar-refractivity contribution in [1.29, 1.82) is 0 Å². The number of carboxylic acid groups (broad SMARTS) is 2. The molecule has 5 heteroatoms. The molecule has 1 saturated carbocycles. The van der Waals surface area contributed by atoms with Gasteiger partial charge in [0.1, 0.15) is 0 Å². The first-order chi connectivity index (χ1) is 8.61. The highest BCUT2D eigenvalue weighted by Gasteiger charge is 2.22. The molecule has 2 fully saturated rings. The second-order valence-corrected chi connectivity index (χ2v) is 4.93. The van der Waals surface area contributed by atoms with Gasteiger partial charge in [0.15, 0.2) is 0 Å². The van der Waals surface area contributed by atoms with Crippen molar-refractivity contribution in [2.24, 2.45) is 11.8 Å². The van der Waals surface area contributed by atoms with Crippen molar-refractivity contribution >= 4 is 11.9 Å². The first kappa shape index (κ1) is 15.0. The smallest absolute Gasteiger partial charge is 0.308 e. The number of aliphatic carboxylic acids is 2. The Morgan fingerprint density at radius 2 is 1.39 bits per heavy atom. The SMILES string of the molecule is O=C(O)C1CCCCCC1.O=C(O)C1CCOC1. The Balaban J connectivity index is 0.000000184. The van der Waals surface area contributed by atoms with E-state index in [4.69, 9.17) is 14.9 Å². The second-order valence-electron chi connectivity index (χ2n) is 4.93. The lowest BCUT2D eigenvalue weighted by atomic mass is 10.0. The van der Waals surface area contributed by atoms with Crippen molar-refractivity contribution in [2.45, 2.75) is 44.9 Å². The van der Waals surface area contributed by atoms with Crippen LogP contribution < -0.4 is 0 Å². The molecule has 0 aromatic rings. The highest BCUT2D eigenvalue weighted by molar-refractivity contribution is 5.70. The fourth-order valence-corrected chi connectivity index (χ4v) is 2.26. The summed E-state index contributed by atoms with van der Waals surface area (Å²) in [4.78, 5) is 20.6. The summed E-state index contributed by atoms with van der Waals surface area (Å²) in [5.74, 6) is -1.61. The predicted molar refractivity (Wildman–Crippen MR) is 65.4 cm³/mol. The third-order valence-electron chi connectivity index (χ3n) is 3.48. The second kappa shape index (κ2) is 8.08. The zero-order valence-corrected chi connectivity index (χ0v) is 10.6. The number of carbonyl (C=O) groups is 2. The van der Waals surface area contributed by atoms with E-state index in [9.17, 15) is 9.59 Å². The van der Waals surface area contributed by atoms with Gasteiger partial charge in [-0.15, -0.1) is 0 Å². The average molecular weight is 258 g/mol. The maximum atomic E-state index is 10.5. The molecular formula is C13H22O5. The van der Waals surface area contributed by atoms with Crippen LogP contribution in [0.1, 0.15) is 44.9 Å². The van der Waals surface area contributed by atoms with E-state index in [1.807, 2.05) is 0 Å². The predicted octanol–water partition coefficient (Wildman–Crippen LogP) is 2.15. The number of hydrogen-bond donors (Lipinski definition) is 2. The zero-order chi connectivity index (χ0) is 13.4. The van der Waals surface area contributed by atoms with Crippen molar-refractivity contribution in [3.05, 3.63) is 0 Å². The number of ether oxygens (including phenoxy) is 1. The van der Waals surface area contributed by atoms with Gasteiger partial charge >= 0.3 is 11.9 Å². The Labute approximate surface area is 107 Å². The molecule has 5 nitrogen and oxygen atoms in total.